The summed E-state index contributed by atoms with van der Waals surface area (Å²) in [6, 6.07) is 0. The Morgan fingerprint density at radius 1 is 1.60 bits per heavy atom. The van der Waals surface area contributed by atoms with Crippen LogP contribution in [0.3, 0.4) is 0 Å². The zero-order valence-electron chi connectivity index (χ0n) is 7.02. The Morgan fingerprint density at radius 2 is 2.20 bits per heavy atom. The van der Waals surface area contributed by atoms with Crippen LogP contribution < -0.4 is 5.32 Å². The fourth-order valence-electron chi connectivity index (χ4n) is 0.736. The van der Waals surface area contributed by atoms with Crippen molar-refractivity contribution in [2.45, 2.75) is 26.9 Å². The molecule has 0 amide bonds. The van der Waals surface area contributed by atoms with Crippen molar-refractivity contribution in [2.75, 3.05) is 13.1 Å². The van der Waals surface area contributed by atoms with E-state index in [2.05, 4.69) is 5.32 Å². The fraction of sp³-hybridized carbons (Fsp3) is 0.750. The van der Waals surface area contributed by atoms with E-state index >= 15 is 0 Å². The van der Waals surface area contributed by atoms with Crippen LogP contribution in [0.25, 0.3) is 0 Å². The van der Waals surface area contributed by atoms with Crippen molar-refractivity contribution in [3.8, 4) is 0 Å². The Hall–Kier alpha value is -0.340. The molecule has 0 spiro atoms. The van der Waals surface area contributed by atoms with Crippen molar-refractivity contribution in [3.05, 3.63) is 11.6 Å². The number of rotatable bonds is 4. The number of allylic oxidation sites excluding steroid dienone is 1. The molecule has 2 N–H and O–H groups in total. The van der Waals surface area contributed by atoms with Gasteiger partial charge in [-0.2, -0.15) is 0 Å². The second-order valence-corrected chi connectivity index (χ2v) is 2.62. The molecule has 2 nitrogen and oxygen atoms in total. The average molecular weight is 143 g/mol. The summed E-state index contributed by atoms with van der Waals surface area (Å²) < 4.78 is 0. The van der Waals surface area contributed by atoms with Crippen LogP contribution in [0.1, 0.15) is 20.8 Å². The van der Waals surface area contributed by atoms with Crippen molar-refractivity contribution in [2.24, 2.45) is 0 Å². The molecule has 0 fully saturated rings. The third kappa shape index (κ3) is 5.79. The van der Waals surface area contributed by atoms with Crippen molar-refractivity contribution in [1.29, 1.82) is 0 Å². The van der Waals surface area contributed by atoms with Gasteiger partial charge in [0.25, 0.3) is 0 Å². The number of likely N-dealkylation sites (N-methyl/N-ethyl adjacent to an activating group) is 1. The van der Waals surface area contributed by atoms with E-state index in [1.807, 2.05) is 26.8 Å². The highest BCUT2D eigenvalue weighted by Gasteiger charge is 1.95. The van der Waals surface area contributed by atoms with E-state index < -0.39 is 0 Å². The second kappa shape index (κ2) is 5.45. The van der Waals surface area contributed by atoms with Gasteiger partial charge < -0.3 is 10.4 Å². The molecule has 0 bridgehead atoms. The molecule has 1 atom stereocenters. The normalized spacial score (nSPS) is 12.8. The van der Waals surface area contributed by atoms with E-state index in [0.717, 1.165) is 12.1 Å². The van der Waals surface area contributed by atoms with Gasteiger partial charge in [-0.3, -0.25) is 0 Å². The molecule has 0 aromatic rings. The molecule has 1 unspecified atom stereocenters. The predicted molar refractivity (Wildman–Crippen MR) is 44.0 cm³/mol. The van der Waals surface area contributed by atoms with Gasteiger partial charge in [0.1, 0.15) is 0 Å². The topological polar surface area (TPSA) is 32.3 Å². The molecule has 0 radical (unpaired) electrons. The standard InChI is InChI=1S/C8H17NO/c1-4-9-6-8(10)5-7(2)3/h5,8-10H,4,6H2,1-3H3. The Morgan fingerprint density at radius 3 is 2.60 bits per heavy atom. The molecule has 0 saturated carbocycles. The van der Waals surface area contributed by atoms with Gasteiger partial charge in [0, 0.05) is 6.54 Å². The number of aliphatic hydroxyl groups excluding tert-OH is 1. The molecule has 0 heterocycles. The monoisotopic (exact) mass is 143 g/mol. The van der Waals surface area contributed by atoms with Gasteiger partial charge >= 0.3 is 0 Å². The Bertz CT molecular complexity index is 106. The van der Waals surface area contributed by atoms with Crippen LogP contribution in [0.5, 0.6) is 0 Å². The van der Waals surface area contributed by atoms with E-state index in [1.54, 1.807) is 0 Å². The van der Waals surface area contributed by atoms with E-state index in [4.69, 9.17) is 0 Å². The largest absolute Gasteiger partial charge is 0.388 e. The second-order valence-electron chi connectivity index (χ2n) is 2.62. The first-order chi connectivity index (χ1) is 4.66. The number of hydrogen-bond acceptors (Lipinski definition) is 2. The van der Waals surface area contributed by atoms with Crippen LogP contribution in [0.2, 0.25) is 0 Å². The molecular formula is C8H17NO. The van der Waals surface area contributed by atoms with E-state index in [1.165, 1.54) is 0 Å². The summed E-state index contributed by atoms with van der Waals surface area (Å²) in [5.41, 5.74) is 1.16. The summed E-state index contributed by atoms with van der Waals surface area (Å²) in [5, 5.41) is 12.3. The molecular weight excluding hydrogens is 126 g/mol. The third-order valence-corrected chi connectivity index (χ3v) is 1.13. The minimum absolute atomic E-state index is 0.329. The van der Waals surface area contributed by atoms with Gasteiger partial charge in [0.15, 0.2) is 0 Å². The highest BCUT2D eigenvalue weighted by molar-refractivity contribution is 4.98. The van der Waals surface area contributed by atoms with Crippen LogP contribution in [0.4, 0.5) is 0 Å². The van der Waals surface area contributed by atoms with Crippen LogP contribution in [0.15, 0.2) is 11.6 Å². The third-order valence-electron chi connectivity index (χ3n) is 1.13. The quantitative estimate of drug-likeness (QED) is 0.574. The van der Waals surface area contributed by atoms with Gasteiger partial charge in [-0.1, -0.05) is 18.6 Å². The fourth-order valence-corrected chi connectivity index (χ4v) is 0.736. The number of hydrogen-bond donors (Lipinski definition) is 2. The first kappa shape index (κ1) is 9.66. The molecule has 0 aliphatic carbocycles. The first-order valence-corrected chi connectivity index (χ1v) is 3.70. The first-order valence-electron chi connectivity index (χ1n) is 3.70. The van der Waals surface area contributed by atoms with Crippen LogP contribution in [0, 0.1) is 0 Å². The van der Waals surface area contributed by atoms with Gasteiger partial charge in [0.05, 0.1) is 6.10 Å². The Kier molecular flexibility index (Phi) is 5.26. The summed E-state index contributed by atoms with van der Waals surface area (Å²) >= 11 is 0. The van der Waals surface area contributed by atoms with Gasteiger partial charge in [0.2, 0.25) is 0 Å². The summed E-state index contributed by atoms with van der Waals surface area (Å²) in [4.78, 5) is 0. The minimum Gasteiger partial charge on any atom is -0.388 e. The van der Waals surface area contributed by atoms with Crippen molar-refractivity contribution >= 4 is 0 Å². The summed E-state index contributed by atoms with van der Waals surface area (Å²) in [5.74, 6) is 0. The molecule has 0 aliphatic heterocycles. The maximum absolute atomic E-state index is 9.21. The van der Waals surface area contributed by atoms with Crippen LogP contribution >= 0.6 is 0 Å². The molecule has 0 saturated heterocycles. The molecule has 60 valence electrons. The van der Waals surface area contributed by atoms with E-state index in [0.29, 0.717) is 6.54 Å². The lowest BCUT2D eigenvalue weighted by atomic mass is 10.2. The van der Waals surface area contributed by atoms with Crippen molar-refractivity contribution in [3.63, 3.8) is 0 Å². The summed E-state index contributed by atoms with van der Waals surface area (Å²) in [7, 11) is 0. The van der Waals surface area contributed by atoms with E-state index in [-0.39, 0.29) is 6.10 Å². The van der Waals surface area contributed by atoms with Gasteiger partial charge in [-0.15, -0.1) is 0 Å². The molecule has 0 aromatic heterocycles. The molecule has 10 heavy (non-hydrogen) atoms. The molecule has 0 aliphatic rings. The van der Waals surface area contributed by atoms with E-state index in [9.17, 15) is 5.11 Å². The van der Waals surface area contributed by atoms with Gasteiger partial charge in [-0.25, -0.2) is 0 Å². The zero-order chi connectivity index (χ0) is 7.98. The predicted octanol–water partition coefficient (Wildman–Crippen LogP) is 0.923. The Labute approximate surface area is 62.9 Å². The van der Waals surface area contributed by atoms with Crippen LogP contribution in [-0.2, 0) is 0 Å². The zero-order valence-corrected chi connectivity index (χ0v) is 7.02. The van der Waals surface area contributed by atoms with Crippen molar-refractivity contribution < 1.29 is 5.11 Å². The average Bonchev–Trinajstić information content (AvgIpc) is 1.82. The van der Waals surface area contributed by atoms with Crippen LogP contribution in [-0.4, -0.2) is 24.3 Å². The molecule has 0 rings (SSSR count). The number of nitrogens with one attached hydrogen (secondary N) is 1. The summed E-state index contributed by atoms with van der Waals surface area (Å²) in [6.45, 7) is 7.55. The molecule has 0 aromatic carbocycles. The highest BCUT2D eigenvalue weighted by Crippen LogP contribution is 1.92. The lowest BCUT2D eigenvalue weighted by Crippen LogP contribution is -2.24. The lowest BCUT2D eigenvalue weighted by molar-refractivity contribution is 0.219. The SMILES string of the molecule is CCNCC(O)C=C(C)C. The maximum atomic E-state index is 9.21. The molecule has 2 heteroatoms. The summed E-state index contributed by atoms with van der Waals surface area (Å²) in [6.07, 6.45) is 1.52. The highest BCUT2D eigenvalue weighted by atomic mass is 16.3. The smallest absolute Gasteiger partial charge is 0.0847 e. The maximum Gasteiger partial charge on any atom is 0.0847 e. The minimum atomic E-state index is -0.329. The Balaban J connectivity index is 3.43. The van der Waals surface area contributed by atoms with Crippen molar-refractivity contribution in [1.82, 2.24) is 5.32 Å². The number of aliphatic hydroxyl groups is 1. The van der Waals surface area contributed by atoms with Gasteiger partial charge in [-0.05, 0) is 20.4 Å². The lowest BCUT2D eigenvalue weighted by Gasteiger charge is -2.05.